The lowest BCUT2D eigenvalue weighted by molar-refractivity contribution is -0.384. The Balaban J connectivity index is 3.00. The van der Waals surface area contributed by atoms with Crippen molar-refractivity contribution in [1.29, 1.82) is 0 Å². The molecular formula is C9H9FN2O3. The largest absolute Gasteiger partial charge is 0.323 e. The third-order valence-electron chi connectivity index (χ3n) is 1.76. The van der Waals surface area contributed by atoms with Crippen LogP contribution in [-0.4, -0.2) is 10.8 Å². The molecule has 6 heteroatoms. The van der Waals surface area contributed by atoms with Gasteiger partial charge in [-0.1, -0.05) is 6.92 Å². The van der Waals surface area contributed by atoms with Crippen molar-refractivity contribution < 1.29 is 14.1 Å². The van der Waals surface area contributed by atoms with Gasteiger partial charge in [-0.05, 0) is 6.07 Å². The summed E-state index contributed by atoms with van der Waals surface area (Å²) in [7, 11) is 0. The smallest absolute Gasteiger partial charge is 0.271 e. The number of nitro benzene ring substituents is 1. The average Bonchev–Trinajstić information content (AvgIpc) is 2.20. The molecule has 15 heavy (non-hydrogen) atoms. The fourth-order valence-electron chi connectivity index (χ4n) is 0.961. The lowest BCUT2D eigenvalue weighted by Gasteiger charge is -2.04. The van der Waals surface area contributed by atoms with Crippen LogP contribution in [0.4, 0.5) is 15.8 Å². The Bertz CT molecular complexity index is 406. The van der Waals surface area contributed by atoms with E-state index in [1.165, 1.54) is 0 Å². The molecule has 0 bridgehead atoms. The van der Waals surface area contributed by atoms with Crippen LogP contribution in [0.5, 0.6) is 0 Å². The minimum Gasteiger partial charge on any atom is -0.323 e. The van der Waals surface area contributed by atoms with Crippen molar-refractivity contribution in [2.45, 2.75) is 13.3 Å². The van der Waals surface area contributed by atoms with E-state index in [0.717, 1.165) is 18.2 Å². The van der Waals surface area contributed by atoms with Crippen LogP contribution < -0.4 is 5.32 Å². The van der Waals surface area contributed by atoms with Crippen LogP contribution in [0.25, 0.3) is 0 Å². The first-order valence-corrected chi connectivity index (χ1v) is 4.28. The molecule has 0 fully saturated rings. The molecule has 0 aliphatic rings. The summed E-state index contributed by atoms with van der Waals surface area (Å²) in [5, 5.41) is 12.6. The van der Waals surface area contributed by atoms with Crippen molar-refractivity contribution in [3.05, 3.63) is 34.1 Å². The van der Waals surface area contributed by atoms with Gasteiger partial charge in [0, 0.05) is 18.6 Å². The van der Waals surface area contributed by atoms with Gasteiger partial charge in [0.2, 0.25) is 5.91 Å². The molecule has 0 saturated heterocycles. The zero-order chi connectivity index (χ0) is 11.4. The number of nitrogens with zero attached hydrogens (tertiary/aromatic N) is 1. The molecule has 1 amide bonds. The molecule has 0 radical (unpaired) electrons. The molecule has 1 rings (SSSR count). The number of nitro groups is 1. The number of non-ortho nitro benzene ring substituents is 1. The fourth-order valence-corrected chi connectivity index (χ4v) is 0.961. The highest BCUT2D eigenvalue weighted by molar-refractivity contribution is 5.90. The van der Waals surface area contributed by atoms with Crippen LogP contribution in [0.1, 0.15) is 13.3 Å². The van der Waals surface area contributed by atoms with E-state index in [4.69, 9.17) is 0 Å². The molecule has 0 aliphatic heterocycles. The summed E-state index contributed by atoms with van der Waals surface area (Å²) in [6.07, 6.45) is 0.183. The number of nitrogens with one attached hydrogen (secondary N) is 1. The third kappa shape index (κ3) is 2.73. The van der Waals surface area contributed by atoms with Gasteiger partial charge in [0.15, 0.2) is 0 Å². The number of anilines is 1. The SMILES string of the molecule is CCC(=O)Nc1cc([N+](=O)[O-])ccc1F. The van der Waals surface area contributed by atoms with Crippen molar-refractivity contribution in [3.63, 3.8) is 0 Å². The number of carbonyl (C=O) groups excluding carboxylic acids is 1. The van der Waals surface area contributed by atoms with Gasteiger partial charge in [0.05, 0.1) is 10.6 Å². The molecule has 1 aromatic rings. The molecule has 0 spiro atoms. The Morgan fingerprint density at radius 3 is 2.80 bits per heavy atom. The van der Waals surface area contributed by atoms with E-state index in [-0.39, 0.29) is 17.8 Å². The van der Waals surface area contributed by atoms with E-state index >= 15 is 0 Å². The van der Waals surface area contributed by atoms with Crippen LogP contribution >= 0.6 is 0 Å². The first kappa shape index (κ1) is 11.1. The molecule has 1 N–H and O–H groups in total. The molecule has 0 unspecified atom stereocenters. The van der Waals surface area contributed by atoms with Crippen molar-refractivity contribution in [2.75, 3.05) is 5.32 Å². The topological polar surface area (TPSA) is 72.2 Å². The quantitative estimate of drug-likeness (QED) is 0.615. The number of benzene rings is 1. The van der Waals surface area contributed by atoms with Crippen LogP contribution in [0, 0.1) is 15.9 Å². The summed E-state index contributed by atoms with van der Waals surface area (Å²) in [6, 6.07) is 2.98. The number of carbonyl (C=O) groups is 1. The molecule has 5 nitrogen and oxygen atoms in total. The van der Waals surface area contributed by atoms with Gasteiger partial charge in [-0.3, -0.25) is 14.9 Å². The monoisotopic (exact) mass is 212 g/mol. The highest BCUT2D eigenvalue weighted by atomic mass is 19.1. The van der Waals surface area contributed by atoms with Crippen molar-refractivity contribution in [1.82, 2.24) is 0 Å². The molecular weight excluding hydrogens is 203 g/mol. The van der Waals surface area contributed by atoms with Gasteiger partial charge >= 0.3 is 0 Å². The zero-order valence-corrected chi connectivity index (χ0v) is 7.99. The summed E-state index contributed by atoms with van der Waals surface area (Å²) < 4.78 is 13.1. The summed E-state index contributed by atoms with van der Waals surface area (Å²) in [5.41, 5.74) is -0.432. The van der Waals surface area contributed by atoms with E-state index in [9.17, 15) is 19.3 Å². The first-order chi connectivity index (χ1) is 7.04. The first-order valence-electron chi connectivity index (χ1n) is 4.28. The molecule has 80 valence electrons. The van der Waals surface area contributed by atoms with Gasteiger partial charge in [0.1, 0.15) is 5.82 Å². The Kier molecular flexibility index (Phi) is 3.33. The van der Waals surface area contributed by atoms with Gasteiger partial charge in [-0.25, -0.2) is 4.39 Å². The lowest BCUT2D eigenvalue weighted by Crippen LogP contribution is -2.11. The number of amides is 1. The van der Waals surface area contributed by atoms with Gasteiger partial charge in [0.25, 0.3) is 5.69 Å². The van der Waals surface area contributed by atoms with Gasteiger partial charge < -0.3 is 5.32 Å². The van der Waals surface area contributed by atoms with E-state index in [0.29, 0.717) is 0 Å². The highest BCUT2D eigenvalue weighted by Gasteiger charge is 2.11. The number of halogens is 1. The Labute approximate surface area is 85.1 Å². The van der Waals surface area contributed by atoms with Gasteiger partial charge in [-0.15, -0.1) is 0 Å². The maximum atomic E-state index is 13.1. The van der Waals surface area contributed by atoms with Crippen LogP contribution in [-0.2, 0) is 4.79 Å². The molecule has 0 saturated carbocycles. The number of hydrogen-bond donors (Lipinski definition) is 1. The molecule has 0 atom stereocenters. The maximum absolute atomic E-state index is 13.1. The summed E-state index contributed by atoms with van der Waals surface area (Å²) in [4.78, 5) is 20.7. The normalized spacial score (nSPS) is 9.73. The minimum absolute atomic E-state index is 0.170. The van der Waals surface area contributed by atoms with Crippen molar-refractivity contribution in [2.24, 2.45) is 0 Å². The summed E-state index contributed by atoms with van der Waals surface area (Å²) in [5.74, 6) is -1.09. The van der Waals surface area contributed by atoms with Crippen LogP contribution in [0.15, 0.2) is 18.2 Å². The van der Waals surface area contributed by atoms with Crippen LogP contribution in [0.2, 0.25) is 0 Å². The predicted molar refractivity (Wildman–Crippen MR) is 52.0 cm³/mol. The number of hydrogen-bond acceptors (Lipinski definition) is 3. The summed E-state index contributed by atoms with van der Waals surface area (Å²) >= 11 is 0. The van der Waals surface area contributed by atoms with Crippen molar-refractivity contribution in [3.8, 4) is 0 Å². The minimum atomic E-state index is -0.692. The van der Waals surface area contributed by atoms with Crippen LogP contribution in [0.3, 0.4) is 0 Å². The fraction of sp³-hybridized carbons (Fsp3) is 0.222. The molecule has 0 aromatic heterocycles. The second kappa shape index (κ2) is 4.50. The molecule has 1 aromatic carbocycles. The highest BCUT2D eigenvalue weighted by Crippen LogP contribution is 2.21. The second-order valence-electron chi connectivity index (χ2n) is 2.82. The van der Waals surface area contributed by atoms with Crippen molar-refractivity contribution >= 4 is 17.3 Å². The Morgan fingerprint density at radius 1 is 1.60 bits per heavy atom. The van der Waals surface area contributed by atoms with Gasteiger partial charge in [-0.2, -0.15) is 0 Å². The second-order valence-corrected chi connectivity index (χ2v) is 2.82. The zero-order valence-electron chi connectivity index (χ0n) is 7.99. The van der Waals surface area contributed by atoms with E-state index in [2.05, 4.69) is 5.32 Å². The van der Waals surface area contributed by atoms with E-state index < -0.39 is 16.6 Å². The Hall–Kier alpha value is -1.98. The van der Waals surface area contributed by atoms with E-state index in [1.807, 2.05) is 0 Å². The third-order valence-corrected chi connectivity index (χ3v) is 1.76. The number of rotatable bonds is 3. The lowest BCUT2D eigenvalue weighted by atomic mass is 10.2. The predicted octanol–water partition coefficient (Wildman–Crippen LogP) is 2.08. The average molecular weight is 212 g/mol. The maximum Gasteiger partial charge on any atom is 0.271 e. The Morgan fingerprint density at radius 2 is 2.27 bits per heavy atom. The molecule has 0 aliphatic carbocycles. The molecule has 0 heterocycles. The van der Waals surface area contributed by atoms with E-state index in [1.54, 1.807) is 6.92 Å². The standard InChI is InChI=1S/C9H9FN2O3/c1-2-9(13)11-8-5-6(12(14)15)3-4-7(8)10/h3-5H,2H2,1H3,(H,11,13). The summed E-state index contributed by atoms with van der Waals surface area (Å²) in [6.45, 7) is 1.60.